The van der Waals surface area contributed by atoms with E-state index in [-0.39, 0.29) is 22.4 Å². The molecule has 0 spiro atoms. The second-order valence-corrected chi connectivity index (χ2v) is 9.63. The fourth-order valence-electron chi connectivity index (χ4n) is 5.12. The van der Waals surface area contributed by atoms with E-state index in [0.29, 0.717) is 34.8 Å². The molecular formula is C31H28N6O4. The van der Waals surface area contributed by atoms with E-state index in [1.165, 1.54) is 23.9 Å². The average molecular weight is 549 g/mol. The highest BCUT2D eigenvalue weighted by Gasteiger charge is 2.21. The Morgan fingerprint density at radius 3 is 2.34 bits per heavy atom. The van der Waals surface area contributed by atoms with Crippen molar-refractivity contribution < 1.29 is 14.1 Å². The monoisotopic (exact) mass is 548 g/mol. The van der Waals surface area contributed by atoms with Gasteiger partial charge >= 0.3 is 0 Å². The van der Waals surface area contributed by atoms with E-state index in [2.05, 4.69) is 15.6 Å². The van der Waals surface area contributed by atoms with Gasteiger partial charge in [-0.25, -0.2) is 4.98 Å². The average Bonchev–Trinajstić information content (AvgIpc) is 3.46. The standard InChI is InChI=1S/C31H28N6O4/c1-6-37-25(19-7-9-20(10-8-19)26-18(3)41-36(5)31(26)40)14-22-13-17(2)34-27(28(22)37)30(39)35-23-12-11-21(16-32)24(15-23)29(38)33-4/h7-15H,6H2,1-5H3,(H,33,38)(H,35,39). The Hall–Kier alpha value is -5.43. The molecule has 0 aliphatic rings. The number of nitrogens with zero attached hydrogens (tertiary/aromatic N) is 4. The largest absolute Gasteiger partial charge is 0.381 e. The number of fused-ring (bicyclic) bond motifs is 1. The van der Waals surface area contributed by atoms with Crippen LogP contribution in [0.4, 0.5) is 5.69 Å². The number of rotatable bonds is 6. The minimum atomic E-state index is -0.438. The van der Waals surface area contributed by atoms with E-state index in [1.807, 2.05) is 60.9 Å². The highest BCUT2D eigenvalue weighted by atomic mass is 16.5. The predicted octanol–water partition coefficient (Wildman–Crippen LogP) is 4.78. The number of hydrogen-bond donors (Lipinski definition) is 2. The number of nitrogens with one attached hydrogen (secondary N) is 2. The third kappa shape index (κ3) is 4.78. The third-order valence-electron chi connectivity index (χ3n) is 7.00. The maximum atomic E-state index is 13.6. The highest BCUT2D eigenvalue weighted by Crippen LogP contribution is 2.32. The van der Waals surface area contributed by atoms with Gasteiger partial charge in [-0.1, -0.05) is 24.3 Å². The van der Waals surface area contributed by atoms with Crippen molar-refractivity contribution in [2.24, 2.45) is 7.05 Å². The molecule has 2 amide bonds. The summed E-state index contributed by atoms with van der Waals surface area (Å²) >= 11 is 0. The molecule has 0 saturated carbocycles. The number of anilines is 1. The van der Waals surface area contributed by atoms with Crippen LogP contribution in [-0.2, 0) is 13.6 Å². The van der Waals surface area contributed by atoms with Crippen LogP contribution in [0.5, 0.6) is 0 Å². The predicted molar refractivity (Wildman–Crippen MR) is 156 cm³/mol. The van der Waals surface area contributed by atoms with Gasteiger partial charge in [0.1, 0.15) is 5.76 Å². The van der Waals surface area contributed by atoms with E-state index >= 15 is 0 Å². The second-order valence-electron chi connectivity index (χ2n) is 9.63. The molecule has 10 heteroatoms. The second kappa shape index (κ2) is 10.6. The SMILES string of the molecule is CCn1c(-c2ccc(-c3c(C)on(C)c3=O)cc2)cc2cc(C)nc(C(=O)Nc3ccc(C#N)c(C(=O)NC)c3)c21. The van der Waals surface area contributed by atoms with E-state index in [0.717, 1.165) is 22.2 Å². The van der Waals surface area contributed by atoms with Gasteiger partial charge in [0.25, 0.3) is 17.4 Å². The number of aromatic nitrogens is 3. The molecule has 10 nitrogen and oxygen atoms in total. The zero-order valence-corrected chi connectivity index (χ0v) is 23.3. The maximum absolute atomic E-state index is 13.6. The van der Waals surface area contributed by atoms with Crippen LogP contribution in [0.25, 0.3) is 33.3 Å². The fourth-order valence-corrected chi connectivity index (χ4v) is 5.12. The van der Waals surface area contributed by atoms with E-state index < -0.39 is 11.8 Å². The van der Waals surface area contributed by atoms with Gasteiger partial charge in [-0.2, -0.15) is 10.0 Å². The zero-order valence-electron chi connectivity index (χ0n) is 23.3. The molecule has 5 rings (SSSR count). The number of pyridine rings is 1. The summed E-state index contributed by atoms with van der Waals surface area (Å²) in [6.45, 7) is 6.16. The number of benzene rings is 2. The first-order chi connectivity index (χ1) is 19.7. The van der Waals surface area contributed by atoms with Gasteiger partial charge in [0.2, 0.25) is 0 Å². The van der Waals surface area contributed by atoms with Gasteiger partial charge in [0.05, 0.1) is 28.3 Å². The lowest BCUT2D eigenvalue weighted by atomic mass is 10.0. The molecule has 0 atom stereocenters. The Kier molecular flexibility index (Phi) is 7.03. The normalized spacial score (nSPS) is 10.9. The molecular weight excluding hydrogens is 520 g/mol. The van der Waals surface area contributed by atoms with Crippen LogP contribution in [0.3, 0.4) is 0 Å². The highest BCUT2D eigenvalue weighted by molar-refractivity contribution is 6.12. The number of carbonyl (C=O) groups is 2. The van der Waals surface area contributed by atoms with Crippen LogP contribution >= 0.6 is 0 Å². The number of nitriles is 1. The fraction of sp³-hybridized carbons (Fsp3) is 0.194. The van der Waals surface area contributed by atoms with Gasteiger partial charge < -0.3 is 19.7 Å². The number of hydrogen-bond acceptors (Lipinski definition) is 6. The lowest BCUT2D eigenvalue weighted by molar-refractivity contribution is 0.0961. The number of amides is 2. The maximum Gasteiger partial charge on any atom is 0.290 e. The van der Waals surface area contributed by atoms with Gasteiger partial charge in [-0.3, -0.25) is 14.4 Å². The number of carbonyl (C=O) groups excluding carboxylic acids is 2. The van der Waals surface area contributed by atoms with Crippen LogP contribution in [0.15, 0.2) is 63.9 Å². The topological polar surface area (TPSA) is 135 Å². The molecule has 41 heavy (non-hydrogen) atoms. The Bertz CT molecular complexity index is 1940. The quantitative estimate of drug-likeness (QED) is 0.314. The smallest absolute Gasteiger partial charge is 0.290 e. The molecule has 3 heterocycles. The van der Waals surface area contributed by atoms with Crippen molar-refractivity contribution in [3.05, 3.63) is 93.2 Å². The molecule has 0 radical (unpaired) electrons. The Balaban J connectivity index is 1.56. The summed E-state index contributed by atoms with van der Waals surface area (Å²) in [5, 5.41) is 15.6. The molecule has 0 saturated heterocycles. The van der Waals surface area contributed by atoms with Crippen molar-refractivity contribution in [2.45, 2.75) is 27.3 Å². The summed E-state index contributed by atoms with van der Waals surface area (Å²) in [5.74, 6) is -0.311. The summed E-state index contributed by atoms with van der Waals surface area (Å²) in [4.78, 5) is 42.9. The first-order valence-electron chi connectivity index (χ1n) is 13.0. The van der Waals surface area contributed by atoms with Crippen molar-refractivity contribution in [1.29, 1.82) is 5.26 Å². The molecule has 2 aromatic carbocycles. The molecule has 2 N–H and O–H groups in total. The summed E-state index contributed by atoms with van der Waals surface area (Å²) in [5.41, 5.74) is 5.24. The van der Waals surface area contributed by atoms with Crippen LogP contribution < -0.4 is 16.2 Å². The van der Waals surface area contributed by atoms with E-state index in [1.54, 1.807) is 20.0 Å². The summed E-state index contributed by atoms with van der Waals surface area (Å²) in [6.07, 6.45) is 0. The van der Waals surface area contributed by atoms with Gasteiger partial charge in [-0.05, 0) is 62.2 Å². The van der Waals surface area contributed by atoms with Crippen molar-refractivity contribution in [3.8, 4) is 28.5 Å². The first kappa shape index (κ1) is 27.1. The lowest BCUT2D eigenvalue weighted by Gasteiger charge is -2.13. The zero-order chi connectivity index (χ0) is 29.4. The van der Waals surface area contributed by atoms with Crippen molar-refractivity contribution in [3.63, 3.8) is 0 Å². The van der Waals surface area contributed by atoms with Crippen LogP contribution in [0.2, 0.25) is 0 Å². The third-order valence-corrected chi connectivity index (χ3v) is 7.00. The molecule has 0 fully saturated rings. The molecule has 3 aromatic heterocycles. The van der Waals surface area contributed by atoms with E-state index in [9.17, 15) is 19.6 Å². The summed E-state index contributed by atoms with van der Waals surface area (Å²) < 4.78 is 8.68. The van der Waals surface area contributed by atoms with Crippen molar-refractivity contribution in [2.75, 3.05) is 12.4 Å². The van der Waals surface area contributed by atoms with Gasteiger partial charge in [0, 0.05) is 43.1 Å². The molecule has 0 unspecified atom stereocenters. The first-order valence-corrected chi connectivity index (χ1v) is 13.0. The van der Waals surface area contributed by atoms with Crippen LogP contribution in [0, 0.1) is 25.2 Å². The molecule has 0 bridgehead atoms. The molecule has 5 aromatic rings. The van der Waals surface area contributed by atoms with Gasteiger partial charge in [0.15, 0.2) is 5.69 Å². The van der Waals surface area contributed by atoms with Crippen molar-refractivity contribution >= 4 is 28.4 Å². The Morgan fingerprint density at radius 1 is 1.02 bits per heavy atom. The summed E-state index contributed by atoms with van der Waals surface area (Å²) in [7, 11) is 3.06. The van der Waals surface area contributed by atoms with Crippen LogP contribution in [-0.4, -0.2) is 33.2 Å². The minimum absolute atomic E-state index is 0.168. The van der Waals surface area contributed by atoms with Crippen molar-refractivity contribution in [1.82, 2.24) is 19.6 Å². The number of aryl methyl sites for hydroxylation is 4. The Morgan fingerprint density at radius 2 is 1.73 bits per heavy atom. The van der Waals surface area contributed by atoms with Crippen LogP contribution in [0.1, 0.15) is 44.8 Å². The molecule has 206 valence electrons. The molecule has 0 aliphatic carbocycles. The Labute approximate surface area is 235 Å². The summed E-state index contributed by atoms with van der Waals surface area (Å²) in [6, 6.07) is 18.2. The van der Waals surface area contributed by atoms with E-state index in [4.69, 9.17) is 4.52 Å². The lowest BCUT2D eigenvalue weighted by Crippen LogP contribution is -2.20. The minimum Gasteiger partial charge on any atom is -0.381 e. The van der Waals surface area contributed by atoms with Gasteiger partial charge in [-0.15, -0.1) is 0 Å². The molecule has 0 aliphatic heterocycles.